The summed E-state index contributed by atoms with van der Waals surface area (Å²) in [6, 6.07) is 11.9. The largest absolute Gasteiger partial charge is 0.497 e. The predicted molar refractivity (Wildman–Crippen MR) is 105 cm³/mol. The van der Waals surface area contributed by atoms with Gasteiger partial charge in [0, 0.05) is 22.2 Å². The van der Waals surface area contributed by atoms with Crippen molar-refractivity contribution in [3.8, 4) is 28.6 Å². The van der Waals surface area contributed by atoms with Gasteiger partial charge in [-0.15, -0.1) is 8.42 Å². The molecule has 0 aliphatic rings. The molecule has 0 fully saturated rings. The van der Waals surface area contributed by atoms with Crippen molar-refractivity contribution in [1.29, 1.82) is 0 Å². The summed E-state index contributed by atoms with van der Waals surface area (Å²) < 4.78 is 43.1. The smallest absolute Gasteiger partial charge is 0.437 e. The van der Waals surface area contributed by atoms with Crippen molar-refractivity contribution in [3.63, 3.8) is 0 Å². The number of methoxy groups -OCH3 is 1. The Balaban J connectivity index is 1.94. The van der Waals surface area contributed by atoms with Gasteiger partial charge in [-0.3, -0.25) is 0 Å². The zero-order chi connectivity index (χ0) is 19.8. The van der Waals surface area contributed by atoms with Crippen LogP contribution in [0.5, 0.6) is 5.75 Å². The zero-order valence-corrected chi connectivity index (χ0v) is 17.2. The van der Waals surface area contributed by atoms with Crippen LogP contribution in [0.25, 0.3) is 22.8 Å². The van der Waals surface area contributed by atoms with Gasteiger partial charge in [0.15, 0.2) is 0 Å². The fourth-order valence-corrected chi connectivity index (χ4v) is 3.15. The van der Waals surface area contributed by atoms with Crippen molar-refractivity contribution < 1.29 is 22.2 Å². The number of nitrogens with zero attached hydrogens (tertiary/aromatic N) is 3. The molecule has 1 N–H and O–H groups in total. The van der Waals surface area contributed by atoms with Crippen LogP contribution in [0.1, 0.15) is 0 Å². The molecule has 8 nitrogen and oxygen atoms in total. The van der Waals surface area contributed by atoms with E-state index in [9.17, 15) is 13.0 Å². The molecule has 0 saturated carbocycles. The standard InChI is InChI=1S/C17H16BrN3O5S/c1-21(2,27(22,23)24)12-6-4-11(5-7-12)16-19-17(26-20-16)14-10-13(25-3)8-9-15(14)18/h4-10H,1-3H3/p+1. The molecule has 0 saturated heterocycles. The van der Waals surface area contributed by atoms with Crippen molar-refractivity contribution in [1.82, 2.24) is 14.0 Å². The van der Waals surface area contributed by atoms with Crippen molar-refractivity contribution in [3.05, 3.63) is 46.9 Å². The van der Waals surface area contributed by atoms with Crippen molar-refractivity contribution in [2.75, 3.05) is 21.2 Å². The first-order valence-corrected chi connectivity index (χ1v) is 9.92. The van der Waals surface area contributed by atoms with Crippen LogP contribution < -0.4 is 8.63 Å². The van der Waals surface area contributed by atoms with Gasteiger partial charge < -0.3 is 9.26 Å². The van der Waals surface area contributed by atoms with Crippen LogP contribution in [0.4, 0.5) is 5.69 Å². The van der Waals surface area contributed by atoms with E-state index in [0.29, 0.717) is 34.3 Å². The number of quaternary nitrogens is 1. The lowest BCUT2D eigenvalue weighted by Gasteiger charge is -2.23. The molecule has 0 spiro atoms. The molecule has 10 heteroatoms. The number of hydrogen-bond donors (Lipinski definition) is 1. The van der Waals surface area contributed by atoms with E-state index >= 15 is 0 Å². The monoisotopic (exact) mass is 454 g/mol. The van der Waals surface area contributed by atoms with Crippen LogP contribution in [0, 0.1) is 0 Å². The summed E-state index contributed by atoms with van der Waals surface area (Å²) in [5.74, 6) is 1.32. The van der Waals surface area contributed by atoms with E-state index < -0.39 is 14.2 Å². The predicted octanol–water partition coefficient (Wildman–Crippen LogP) is 3.54. The maximum atomic E-state index is 11.5. The number of halogens is 1. The first-order chi connectivity index (χ1) is 12.6. The minimum absolute atomic E-state index is 0.314. The van der Waals surface area contributed by atoms with Crippen LogP contribution in [0.3, 0.4) is 0 Å². The second kappa shape index (κ2) is 7.04. The molecule has 1 aromatic heterocycles. The Labute approximate surface area is 165 Å². The third kappa shape index (κ3) is 3.74. The normalized spacial score (nSPS) is 12.2. The molecule has 0 radical (unpaired) electrons. The van der Waals surface area contributed by atoms with Crippen LogP contribution >= 0.6 is 15.9 Å². The summed E-state index contributed by atoms with van der Waals surface area (Å²) in [7, 11) is 0.00855. The Kier molecular flexibility index (Phi) is 5.08. The van der Waals surface area contributed by atoms with E-state index in [2.05, 4.69) is 26.1 Å². The quantitative estimate of drug-likeness (QED) is 0.464. The topological polar surface area (TPSA) is 103 Å². The molecular weight excluding hydrogens is 438 g/mol. The summed E-state index contributed by atoms with van der Waals surface area (Å²) in [5.41, 5.74) is 1.72. The van der Waals surface area contributed by atoms with E-state index in [0.717, 1.165) is 4.47 Å². The SMILES string of the molecule is COc1ccc(Br)c(-c2nc(-c3ccc([N+](C)(C)S(=O)(=O)O)cc3)no2)c1. The van der Waals surface area contributed by atoms with Gasteiger partial charge in [0.2, 0.25) is 5.82 Å². The molecule has 3 aromatic rings. The highest BCUT2D eigenvalue weighted by Gasteiger charge is 2.33. The Morgan fingerprint density at radius 1 is 1.15 bits per heavy atom. The average molecular weight is 455 g/mol. The van der Waals surface area contributed by atoms with Crippen molar-refractivity contribution in [2.45, 2.75) is 0 Å². The highest BCUT2D eigenvalue weighted by molar-refractivity contribution is 9.10. The van der Waals surface area contributed by atoms with E-state index in [1.54, 1.807) is 43.5 Å². The second-order valence-corrected chi connectivity index (χ2v) is 8.78. The lowest BCUT2D eigenvalue weighted by Crippen LogP contribution is -2.45. The van der Waals surface area contributed by atoms with Gasteiger partial charge in [-0.2, -0.15) is 8.87 Å². The Morgan fingerprint density at radius 3 is 2.41 bits per heavy atom. The van der Waals surface area contributed by atoms with Gasteiger partial charge in [0.25, 0.3) is 5.89 Å². The van der Waals surface area contributed by atoms with Crippen LogP contribution in [0.2, 0.25) is 0 Å². The lowest BCUT2D eigenvalue weighted by molar-refractivity contribution is 0.412. The van der Waals surface area contributed by atoms with E-state index in [4.69, 9.17) is 9.26 Å². The van der Waals surface area contributed by atoms with Gasteiger partial charge in [-0.05, 0) is 46.3 Å². The summed E-state index contributed by atoms with van der Waals surface area (Å²) in [6.07, 6.45) is 0. The second-order valence-electron chi connectivity index (χ2n) is 6.11. The Morgan fingerprint density at radius 2 is 1.81 bits per heavy atom. The average Bonchev–Trinajstić information content (AvgIpc) is 3.11. The maximum absolute atomic E-state index is 11.5. The van der Waals surface area contributed by atoms with Gasteiger partial charge in [0.1, 0.15) is 11.4 Å². The summed E-state index contributed by atoms with van der Waals surface area (Å²) in [4.78, 5) is 4.39. The van der Waals surface area contributed by atoms with Gasteiger partial charge in [-0.25, -0.2) is 4.55 Å². The molecule has 0 unspecified atom stereocenters. The van der Waals surface area contributed by atoms with Crippen LogP contribution in [-0.2, 0) is 10.3 Å². The van der Waals surface area contributed by atoms with Gasteiger partial charge in [0.05, 0.1) is 26.8 Å². The zero-order valence-electron chi connectivity index (χ0n) is 14.7. The summed E-state index contributed by atoms with van der Waals surface area (Å²) in [5, 5.41) is 3.98. The van der Waals surface area contributed by atoms with Crippen molar-refractivity contribution >= 4 is 31.9 Å². The molecule has 1 heterocycles. The highest BCUT2D eigenvalue weighted by atomic mass is 79.9. The molecule has 0 amide bonds. The third-order valence-electron chi connectivity index (χ3n) is 4.15. The first-order valence-electron chi connectivity index (χ1n) is 7.73. The summed E-state index contributed by atoms with van der Waals surface area (Å²) >= 11 is 3.45. The number of rotatable bonds is 5. The van der Waals surface area contributed by atoms with Crippen molar-refractivity contribution in [2.24, 2.45) is 0 Å². The highest BCUT2D eigenvalue weighted by Crippen LogP contribution is 2.32. The number of ether oxygens (including phenoxy) is 1. The minimum atomic E-state index is -4.31. The molecule has 27 heavy (non-hydrogen) atoms. The molecular formula is C17H17BrN3O5S+. The van der Waals surface area contributed by atoms with E-state index in [1.165, 1.54) is 14.1 Å². The maximum Gasteiger partial charge on any atom is 0.437 e. The third-order valence-corrected chi connectivity index (χ3v) is 6.21. The van der Waals surface area contributed by atoms with E-state index in [-0.39, 0.29) is 0 Å². The van der Waals surface area contributed by atoms with Crippen LogP contribution in [0.15, 0.2) is 51.5 Å². The fourth-order valence-electron chi connectivity index (χ4n) is 2.35. The minimum Gasteiger partial charge on any atom is -0.497 e. The first kappa shape index (κ1) is 19.5. The summed E-state index contributed by atoms with van der Waals surface area (Å²) in [6.45, 7) is 0. The molecule has 142 valence electrons. The van der Waals surface area contributed by atoms with E-state index in [1.807, 2.05) is 6.07 Å². The molecule has 0 atom stereocenters. The number of aromatic nitrogens is 2. The molecule has 2 aromatic carbocycles. The molecule has 3 rings (SSSR count). The molecule has 0 bridgehead atoms. The van der Waals surface area contributed by atoms with Gasteiger partial charge >= 0.3 is 10.3 Å². The molecule has 0 aliphatic heterocycles. The van der Waals surface area contributed by atoms with Gasteiger partial charge in [-0.1, -0.05) is 5.16 Å². The lowest BCUT2D eigenvalue weighted by atomic mass is 10.2. The molecule has 0 aliphatic carbocycles. The Hall–Kier alpha value is -2.27. The Bertz CT molecular complexity index is 1080. The van der Waals surface area contributed by atoms with Crippen LogP contribution in [-0.4, -0.2) is 44.3 Å². The number of benzene rings is 2. The fraction of sp³-hybridized carbons (Fsp3) is 0.176. The number of hydrogen-bond acceptors (Lipinski definition) is 6.